The predicted octanol–water partition coefficient (Wildman–Crippen LogP) is 2.69. The number of carbonyl (C=O) groups excluding carboxylic acids is 1. The number of rotatable bonds is 4. The fourth-order valence-corrected chi connectivity index (χ4v) is 3.64. The third kappa shape index (κ3) is 2.37. The number of ether oxygens (including phenoxy) is 1. The Morgan fingerprint density at radius 3 is 2.62 bits per heavy atom. The van der Waals surface area contributed by atoms with Gasteiger partial charge in [0.05, 0.1) is 30.7 Å². The van der Waals surface area contributed by atoms with Gasteiger partial charge in [-0.2, -0.15) is 0 Å². The van der Waals surface area contributed by atoms with Gasteiger partial charge in [0.25, 0.3) is 0 Å². The van der Waals surface area contributed by atoms with Crippen molar-refractivity contribution in [1.82, 2.24) is 9.55 Å². The van der Waals surface area contributed by atoms with Gasteiger partial charge in [-0.25, -0.2) is 4.98 Å². The number of aliphatic hydroxyl groups is 1. The van der Waals surface area contributed by atoms with E-state index in [2.05, 4.69) is 0 Å². The van der Waals surface area contributed by atoms with Crippen LogP contribution in [0.15, 0.2) is 36.4 Å². The molecule has 3 aromatic rings. The van der Waals surface area contributed by atoms with Crippen molar-refractivity contribution in [3.8, 4) is 17.1 Å². The number of aryl methyl sites for hydroxylation is 1. The summed E-state index contributed by atoms with van der Waals surface area (Å²) in [6.07, 6.45) is 0. The van der Waals surface area contributed by atoms with E-state index in [0.29, 0.717) is 6.54 Å². The first-order chi connectivity index (χ1) is 12.5. The van der Waals surface area contributed by atoms with E-state index in [1.54, 1.807) is 12.0 Å². The number of nitrogens with zero attached hydrogens (tertiary/aromatic N) is 3. The Kier molecular flexibility index (Phi) is 3.92. The summed E-state index contributed by atoms with van der Waals surface area (Å²) in [5, 5.41) is 9.30. The minimum atomic E-state index is -0.215. The average molecular weight is 351 g/mol. The molecule has 1 unspecified atom stereocenters. The molecule has 26 heavy (non-hydrogen) atoms. The minimum Gasteiger partial charge on any atom is -0.497 e. The van der Waals surface area contributed by atoms with Crippen molar-refractivity contribution < 1.29 is 14.6 Å². The van der Waals surface area contributed by atoms with Crippen LogP contribution in [0.5, 0.6) is 5.75 Å². The van der Waals surface area contributed by atoms with Crippen molar-refractivity contribution in [2.24, 2.45) is 7.05 Å². The largest absolute Gasteiger partial charge is 0.497 e. The number of benzene rings is 2. The summed E-state index contributed by atoms with van der Waals surface area (Å²) in [5.74, 6) is 1.48. The van der Waals surface area contributed by atoms with E-state index in [9.17, 15) is 9.90 Å². The standard InChI is InChI=1S/C20H21N3O3/c1-12-15-10-16-18(11-17(15)23(8-9-24)20(12)25)22(2)19(21-16)13-4-6-14(26-3)7-5-13/h4-7,10-12,24H,8-9H2,1-3H3. The molecule has 2 heterocycles. The number of carbonyl (C=O) groups is 1. The molecule has 1 aliphatic rings. The molecule has 1 atom stereocenters. The number of amides is 1. The van der Waals surface area contributed by atoms with Gasteiger partial charge in [0, 0.05) is 24.8 Å². The molecule has 0 bridgehead atoms. The van der Waals surface area contributed by atoms with Crippen molar-refractivity contribution in [2.45, 2.75) is 12.8 Å². The van der Waals surface area contributed by atoms with E-state index in [1.807, 2.05) is 54.9 Å². The number of anilines is 1. The fourth-order valence-electron chi connectivity index (χ4n) is 3.64. The van der Waals surface area contributed by atoms with E-state index in [0.717, 1.165) is 39.4 Å². The third-order valence-corrected chi connectivity index (χ3v) is 5.09. The summed E-state index contributed by atoms with van der Waals surface area (Å²) >= 11 is 0. The Morgan fingerprint density at radius 1 is 1.23 bits per heavy atom. The van der Waals surface area contributed by atoms with Crippen LogP contribution < -0.4 is 9.64 Å². The summed E-state index contributed by atoms with van der Waals surface area (Å²) in [7, 11) is 3.62. The van der Waals surface area contributed by atoms with Crippen molar-refractivity contribution in [3.05, 3.63) is 42.0 Å². The molecular formula is C20H21N3O3. The molecule has 1 aliphatic heterocycles. The molecule has 1 N–H and O–H groups in total. The van der Waals surface area contributed by atoms with E-state index in [1.165, 1.54) is 0 Å². The predicted molar refractivity (Wildman–Crippen MR) is 101 cm³/mol. The second kappa shape index (κ2) is 6.14. The minimum absolute atomic E-state index is 0.0275. The van der Waals surface area contributed by atoms with Crippen LogP contribution in [0.25, 0.3) is 22.4 Å². The Morgan fingerprint density at radius 2 is 1.96 bits per heavy atom. The van der Waals surface area contributed by atoms with Crippen molar-refractivity contribution in [2.75, 3.05) is 25.2 Å². The normalized spacial score (nSPS) is 16.4. The number of aliphatic hydroxyl groups excluding tert-OH is 1. The van der Waals surface area contributed by atoms with Gasteiger partial charge in [-0.05, 0) is 48.9 Å². The number of imidazole rings is 1. The number of β-amino-alcohol motifs (C(OH)–C–C–N with tert-alkyl or cyclic N) is 1. The molecule has 1 amide bonds. The maximum Gasteiger partial charge on any atom is 0.234 e. The molecule has 0 saturated carbocycles. The van der Waals surface area contributed by atoms with Crippen molar-refractivity contribution in [1.29, 1.82) is 0 Å². The lowest BCUT2D eigenvalue weighted by Gasteiger charge is -2.16. The molecule has 0 fully saturated rings. The van der Waals surface area contributed by atoms with Gasteiger partial charge in [0.2, 0.25) is 5.91 Å². The second-order valence-electron chi connectivity index (χ2n) is 6.56. The highest BCUT2D eigenvalue weighted by Crippen LogP contribution is 2.40. The highest BCUT2D eigenvalue weighted by molar-refractivity contribution is 6.07. The zero-order valence-corrected chi connectivity index (χ0v) is 15.1. The number of methoxy groups -OCH3 is 1. The van der Waals surface area contributed by atoms with Gasteiger partial charge in [0.15, 0.2) is 0 Å². The maximum absolute atomic E-state index is 12.5. The lowest BCUT2D eigenvalue weighted by Crippen LogP contribution is -2.30. The van der Waals surface area contributed by atoms with E-state index >= 15 is 0 Å². The molecular weight excluding hydrogens is 330 g/mol. The topological polar surface area (TPSA) is 67.6 Å². The molecule has 134 valence electrons. The highest BCUT2D eigenvalue weighted by atomic mass is 16.5. The van der Waals surface area contributed by atoms with Crippen LogP contribution in [0.2, 0.25) is 0 Å². The van der Waals surface area contributed by atoms with Crippen LogP contribution in [-0.2, 0) is 11.8 Å². The molecule has 0 spiro atoms. The van der Waals surface area contributed by atoms with Gasteiger partial charge < -0.3 is 19.3 Å². The van der Waals surface area contributed by atoms with E-state index in [4.69, 9.17) is 9.72 Å². The first-order valence-electron chi connectivity index (χ1n) is 8.62. The lowest BCUT2D eigenvalue weighted by atomic mass is 10.0. The summed E-state index contributed by atoms with van der Waals surface area (Å²) in [4.78, 5) is 18.9. The molecule has 0 aliphatic carbocycles. The number of aromatic nitrogens is 2. The number of hydrogen-bond donors (Lipinski definition) is 1. The molecule has 4 rings (SSSR count). The zero-order valence-electron chi connectivity index (χ0n) is 15.1. The van der Waals surface area contributed by atoms with Gasteiger partial charge in [-0.15, -0.1) is 0 Å². The van der Waals surface area contributed by atoms with E-state index < -0.39 is 0 Å². The van der Waals surface area contributed by atoms with E-state index in [-0.39, 0.29) is 18.4 Å². The number of fused-ring (bicyclic) bond motifs is 2. The molecule has 6 nitrogen and oxygen atoms in total. The van der Waals surface area contributed by atoms with Crippen molar-refractivity contribution >= 4 is 22.6 Å². The Labute approximate surface area is 151 Å². The molecule has 1 aromatic heterocycles. The summed E-state index contributed by atoms with van der Waals surface area (Å²) in [6, 6.07) is 11.8. The summed E-state index contributed by atoms with van der Waals surface area (Å²) in [6.45, 7) is 2.15. The average Bonchev–Trinajstić information content (AvgIpc) is 3.10. The van der Waals surface area contributed by atoms with Gasteiger partial charge >= 0.3 is 0 Å². The lowest BCUT2D eigenvalue weighted by molar-refractivity contribution is -0.119. The van der Waals surface area contributed by atoms with Gasteiger partial charge in [0.1, 0.15) is 11.6 Å². The van der Waals surface area contributed by atoms with Gasteiger partial charge in [-0.1, -0.05) is 0 Å². The maximum atomic E-state index is 12.5. The van der Waals surface area contributed by atoms with Crippen LogP contribution in [0.4, 0.5) is 5.69 Å². The van der Waals surface area contributed by atoms with Crippen LogP contribution >= 0.6 is 0 Å². The molecule has 0 radical (unpaired) electrons. The van der Waals surface area contributed by atoms with Crippen LogP contribution in [0.3, 0.4) is 0 Å². The molecule has 2 aromatic carbocycles. The summed E-state index contributed by atoms with van der Waals surface area (Å²) < 4.78 is 7.25. The first-order valence-corrected chi connectivity index (χ1v) is 8.62. The van der Waals surface area contributed by atoms with Crippen LogP contribution in [-0.4, -0.2) is 40.8 Å². The smallest absolute Gasteiger partial charge is 0.234 e. The first kappa shape index (κ1) is 16.6. The molecule has 0 saturated heterocycles. The third-order valence-electron chi connectivity index (χ3n) is 5.09. The Bertz CT molecular complexity index is 992. The van der Waals surface area contributed by atoms with Crippen molar-refractivity contribution in [3.63, 3.8) is 0 Å². The monoisotopic (exact) mass is 351 g/mol. The Hall–Kier alpha value is -2.86. The number of hydrogen-bond acceptors (Lipinski definition) is 4. The molecule has 6 heteroatoms. The van der Waals surface area contributed by atoms with Gasteiger partial charge in [-0.3, -0.25) is 4.79 Å². The second-order valence-corrected chi connectivity index (χ2v) is 6.56. The highest BCUT2D eigenvalue weighted by Gasteiger charge is 2.34. The SMILES string of the molecule is COc1ccc(-c2nc3cc4c(cc3n2C)N(CCO)C(=O)C4C)cc1. The fraction of sp³-hybridized carbons (Fsp3) is 0.300. The van der Waals surface area contributed by atoms with Crippen LogP contribution in [0, 0.1) is 0 Å². The zero-order chi connectivity index (χ0) is 18.4. The van der Waals surface area contributed by atoms with Crippen LogP contribution in [0.1, 0.15) is 18.4 Å². The summed E-state index contributed by atoms with van der Waals surface area (Å²) in [5.41, 5.74) is 4.66. The Balaban J connectivity index is 1.85. The quantitative estimate of drug-likeness (QED) is 0.785.